The summed E-state index contributed by atoms with van der Waals surface area (Å²) in [6.45, 7) is 2.84. The van der Waals surface area contributed by atoms with Gasteiger partial charge in [-0.1, -0.05) is 12.2 Å². The van der Waals surface area contributed by atoms with Gasteiger partial charge in [0.05, 0.1) is 5.71 Å². The van der Waals surface area contributed by atoms with Gasteiger partial charge in [-0.05, 0) is 44.1 Å². The smallest absolute Gasteiger partial charge is 0.362 e. The highest BCUT2D eigenvalue weighted by atomic mass is 32.1. The van der Waals surface area contributed by atoms with Crippen molar-refractivity contribution in [3.05, 3.63) is 33.8 Å². The Balaban J connectivity index is 1.31. The van der Waals surface area contributed by atoms with Gasteiger partial charge in [-0.3, -0.25) is 0 Å². The summed E-state index contributed by atoms with van der Waals surface area (Å²) < 4.78 is 0. The molecule has 1 saturated carbocycles. The molecule has 0 aromatic carbocycles. The Hall–Kier alpha value is -2.12. The van der Waals surface area contributed by atoms with Crippen molar-refractivity contribution in [2.45, 2.75) is 45.1 Å². The average Bonchev–Trinajstić information content (AvgIpc) is 3.28. The molecule has 2 saturated heterocycles. The van der Waals surface area contributed by atoms with E-state index in [1.165, 1.54) is 12.8 Å². The van der Waals surface area contributed by atoms with E-state index in [0.717, 1.165) is 46.9 Å². The minimum atomic E-state index is -0.385. The zero-order valence-corrected chi connectivity index (χ0v) is 15.5. The van der Waals surface area contributed by atoms with E-state index in [1.807, 2.05) is 29.5 Å². The number of aromatic nitrogens is 1. The predicted octanol–water partition coefficient (Wildman–Crippen LogP) is 3.31. The molecule has 6 nitrogen and oxygen atoms in total. The highest BCUT2D eigenvalue weighted by Crippen LogP contribution is 2.35. The fraction of sp³-hybridized carbons (Fsp3) is 0.474. The number of fused-ring (bicyclic) bond motifs is 4. The molecule has 0 unspecified atom stereocenters. The number of thiazole rings is 1. The van der Waals surface area contributed by atoms with Crippen molar-refractivity contribution in [1.29, 1.82) is 0 Å². The van der Waals surface area contributed by atoms with Crippen molar-refractivity contribution in [2.75, 3.05) is 6.54 Å². The lowest BCUT2D eigenvalue weighted by atomic mass is 9.81. The molecular weight excluding hydrogens is 348 g/mol. The largest absolute Gasteiger partial charge is 0.378 e. The first-order valence-corrected chi connectivity index (χ1v) is 10.0. The zero-order chi connectivity index (χ0) is 17.7. The van der Waals surface area contributed by atoms with Gasteiger partial charge >= 0.3 is 5.97 Å². The summed E-state index contributed by atoms with van der Waals surface area (Å²) in [4.78, 5) is 22.9. The van der Waals surface area contributed by atoms with Crippen LogP contribution in [0.2, 0.25) is 0 Å². The molecule has 134 valence electrons. The number of nitrogens with zero attached hydrogens (tertiary/aromatic N) is 4. The minimum Gasteiger partial charge on any atom is -0.362 e. The number of allylic oxidation sites excluding steroid dienone is 3. The van der Waals surface area contributed by atoms with Crippen molar-refractivity contribution in [1.82, 2.24) is 10.0 Å². The molecule has 2 bridgehead atoms. The molecule has 0 N–H and O–H groups in total. The van der Waals surface area contributed by atoms with Crippen LogP contribution < -0.4 is 0 Å². The van der Waals surface area contributed by atoms with Crippen molar-refractivity contribution in [3.8, 4) is 0 Å². The fourth-order valence-corrected chi connectivity index (χ4v) is 4.99. The third-order valence-corrected chi connectivity index (χ3v) is 6.63. The van der Waals surface area contributed by atoms with Crippen LogP contribution in [-0.2, 0) is 9.63 Å². The summed E-state index contributed by atoms with van der Waals surface area (Å²) in [5.41, 5.74) is 4.07. The van der Waals surface area contributed by atoms with Crippen LogP contribution in [0.4, 0.5) is 0 Å². The number of hydrogen-bond acceptors (Lipinski definition) is 7. The molecule has 0 spiro atoms. The number of aryl methyl sites for hydroxylation is 1. The molecule has 5 aliphatic rings. The van der Waals surface area contributed by atoms with Crippen LogP contribution in [0.25, 0.3) is 5.57 Å². The highest BCUT2D eigenvalue weighted by Gasteiger charge is 2.38. The second-order valence-corrected chi connectivity index (χ2v) is 8.25. The number of hydroxylamine groups is 2. The van der Waals surface area contributed by atoms with E-state index >= 15 is 0 Å². The Bertz CT molecular complexity index is 887. The van der Waals surface area contributed by atoms with Crippen LogP contribution in [0.3, 0.4) is 0 Å². The number of hydrogen-bond donors (Lipinski definition) is 0. The normalized spacial score (nSPS) is 27.4. The molecular formula is C19H20N4O2S. The summed E-state index contributed by atoms with van der Waals surface area (Å²) >= 11 is 1.63. The summed E-state index contributed by atoms with van der Waals surface area (Å²) in [6, 6.07) is 0.367. The Kier molecular flexibility index (Phi) is 3.86. The van der Waals surface area contributed by atoms with Gasteiger partial charge in [0.15, 0.2) is 5.71 Å². The molecule has 26 heavy (non-hydrogen) atoms. The SMILES string of the molecule is Cc1csc(C2=CC=C3C(=NN=C3C(=O)ON3CC4CCC3CC4)C2)n1. The lowest BCUT2D eigenvalue weighted by Gasteiger charge is -2.43. The Morgan fingerprint density at radius 2 is 2.08 bits per heavy atom. The van der Waals surface area contributed by atoms with Gasteiger partial charge in [-0.25, -0.2) is 9.78 Å². The van der Waals surface area contributed by atoms with Gasteiger partial charge in [0, 0.05) is 35.7 Å². The summed E-state index contributed by atoms with van der Waals surface area (Å²) in [5.74, 6) is 0.274. The molecule has 3 aliphatic heterocycles. The molecule has 7 heteroatoms. The molecule has 0 atom stereocenters. The van der Waals surface area contributed by atoms with Gasteiger partial charge in [0.25, 0.3) is 0 Å². The first-order chi connectivity index (χ1) is 12.7. The lowest BCUT2D eigenvalue weighted by molar-refractivity contribution is -0.215. The second kappa shape index (κ2) is 6.25. The van der Waals surface area contributed by atoms with Crippen molar-refractivity contribution in [3.63, 3.8) is 0 Å². The van der Waals surface area contributed by atoms with Crippen molar-refractivity contribution >= 4 is 34.3 Å². The van der Waals surface area contributed by atoms with Crippen LogP contribution in [0, 0.1) is 12.8 Å². The fourth-order valence-electron chi connectivity index (χ4n) is 4.16. The maximum Gasteiger partial charge on any atom is 0.378 e. The number of carbonyl (C=O) groups excluding carboxylic acids is 1. The van der Waals surface area contributed by atoms with Crippen LogP contribution >= 0.6 is 11.3 Å². The first kappa shape index (κ1) is 16.1. The third-order valence-electron chi connectivity index (χ3n) is 5.59. The Morgan fingerprint density at radius 3 is 2.77 bits per heavy atom. The lowest BCUT2D eigenvalue weighted by Crippen LogP contribution is -2.49. The topological polar surface area (TPSA) is 67.2 Å². The van der Waals surface area contributed by atoms with Crippen LogP contribution in [0.1, 0.15) is 42.8 Å². The van der Waals surface area contributed by atoms with E-state index in [9.17, 15) is 4.79 Å². The summed E-state index contributed by atoms with van der Waals surface area (Å²) in [6.07, 6.45) is 9.33. The molecule has 0 radical (unpaired) electrons. The van der Waals surface area contributed by atoms with Crippen molar-refractivity contribution in [2.24, 2.45) is 16.1 Å². The molecule has 4 heterocycles. The Labute approximate surface area is 155 Å². The van der Waals surface area contributed by atoms with Gasteiger partial charge in [-0.2, -0.15) is 5.10 Å². The molecule has 3 fully saturated rings. The zero-order valence-electron chi connectivity index (χ0n) is 14.6. The minimum absolute atomic E-state index is 0.326. The monoisotopic (exact) mass is 368 g/mol. The molecule has 6 rings (SSSR count). The number of piperidine rings is 2. The highest BCUT2D eigenvalue weighted by molar-refractivity contribution is 7.10. The van der Waals surface area contributed by atoms with E-state index in [0.29, 0.717) is 24.1 Å². The van der Waals surface area contributed by atoms with Gasteiger partial charge in [0.1, 0.15) is 5.01 Å². The summed E-state index contributed by atoms with van der Waals surface area (Å²) in [5, 5.41) is 13.3. The Morgan fingerprint density at radius 1 is 1.23 bits per heavy atom. The van der Waals surface area contributed by atoms with E-state index in [-0.39, 0.29) is 5.97 Å². The maximum atomic E-state index is 12.7. The average molecular weight is 368 g/mol. The quantitative estimate of drug-likeness (QED) is 0.821. The molecule has 1 aromatic heterocycles. The van der Waals surface area contributed by atoms with E-state index in [4.69, 9.17) is 4.84 Å². The van der Waals surface area contributed by atoms with Crippen LogP contribution in [0.15, 0.2) is 33.3 Å². The van der Waals surface area contributed by atoms with Crippen LogP contribution in [0.5, 0.6) is 0 Å². The molecule has 1 aromatic rings. The number of carbonyl (C=O) groups is 1. The van der Waals surface area contributed by atoms with Crippen molar-refractivity contribution < 1.29 is 9.63 Å². The van der Waals surface area contributed by atoms with E-state index < -0.39 is 0 Å². The third kappa shape index (κ3) is 2.75. The second-order valence-electron chi connectivity index (χ2n) is 7.39. The van der Waals surface area contributed by atoms with E-state index in [1.54, 1.807) is 11.3 Å². The standard InChI is InChI=1S/C19H20N4O2S/c1-11-10-26-18(20-11)13-4-7-15-16(8-13)21-22-17(15)19(24)25-23-9-12-2-5-14(23)6-3-12/h4,7,10,12,14H,2-3,5-6,8-9H2,1H3. The van der Waals surface area contributed by atoms with E-state index in [2.05, 4.69) is 15.2 Å². The summed E-state index contributed by atoms with van der Waals surface area (Å²) in [7, 11) is 0. The first-order valence-electron chi connectivity index (χ1n) is 9.15. The molecule has 2 aliphatic carbocycles. The van der Waals surface area contributed by atoms with Crippen LogP contribution in [-0.4, -0.2) is 40.0 Å². The number of rotatable bonds is 3. The van der Waals surface area contributed by atoms with Gasteiger partial charge in [0.2, 0.25) is 0 Å². The predicted molar refractivity (Wildman–Crippen MR) is 101 cm³/mol. The van der Waals surface area contributed by atoms with Gasteiger partial charge in [-0.15, -0.1) is 21.5 Å². The maximum absolute atomic E-state index is 12.7. The van der Waals surface area contributed by atoms with Gasteiger partial charge < -0.3 is 4.84 Å². The molecule has 0 amide bonds.